The predicted molar refractivity (Wildman–Crippen MR) is 53.9 cm³/mol. The van der Waals surface area contributed by atoms with Crippen molar-refractivity contribution in [2.45, 2.75) is 18.8 Å². The standard InChI is InChI=1S/C10H11F3N2O2/c11-10(12,13)17-8-4-2-1-3-6(8)7(14)5-9(15)16/h1-4,7H,5,14H2,(H2,15,16)/t7-/m0/s1. The van der Waals surface area contributed by atoms with E-state index in [0.717, 1.165) is 6.07 Å². The topological polar surface area (TPSA) is 78.3 Å². The zero-order chi connectivity index (χ0) is 13.1. The van der Waals surface area contributed by atoms with Crippen LogP contribution in [0.4, 0.5) is 13.2 Å². The van der Waals surface area contributed by atoms with Crippen LogP contribution in [0.1, 0.15) is 18.0 Å². The maximum Gasteiger partial charge on any atom is 0.573 e. The van der Waals surface area contributed by atoms with Gasteiger partial charge in [-0.25, -0.2) is 0 Å². The van der Waals surface area contributed by atoms with Gasteiger partial charge in [-0.05, 0) is 6.07 Å². The van der Waals surface area contributed by atoms with Crippen LogP contribution in [-0.2, 0) is 4.79 Å². The number of primary amides is 1. The van der Waals surface area contributed by atoms with E-state index in [4.69, 9.17) is 11.5 Å². The molecule has 0 bridgehead atoms. The molecule has 0 aliphatic carbocycles. The Morgan fingerprint density at radius 2 is 1.94 bits per heavy atom. The van der Waals surface area contributed by atoms with Gasteiger partial charge in [-0.15, -0.1) is 13.2 Å². The van der Waals surface area contributed by atoms with Gasteiger partial charge in [0.05, 0.1) is 0 Å². The molecule has 4 N–H and O–H groups in total. The van der Waals surface area contributed by atoms with Crippen molar-refractivity contribution in [1.29, 1.82) is 0 Å². The molecule has 0 radical (unpaired) electrons. The monoisotopic (exact) mass is 248 g/mol. The van der Waals surface area contributed by atoms with Crippen molar-refractivity contribution in [2.75, 3.05) is 0 Å². The molecule has 0 spiro atoms. The first-order chi connectivity index (χ1) is 7.79. The number of nitrogens with two attached hydrogens (primary N) is 2. The first-order valence-electron chi connectivity index (χ1n) is 4.68. The van der Waals surface area contributed by atoms with E-state index in [1.54, 1.807) is 0 Å². The van der Waals surface area contributed by atoms with Gasteiger partial charge in [-0.2, -0.15) is 0 Å². The Balaban J connectivity index is 2.95. The molecule has 4 nitrogen and oxygen atoms in total. The van der Waals surface area contributed by atoms with Crippen LogP contribution in [0.5, 0.6) is 5.75 Å². The van der Waals surface area contributed by atoms with Crippen molar-refractivity contribution in [3.8, 4) is 5.75 Å². The number of para-hydroxylation sites is 1. The molecule has 0 aromatic heterocycles. The summed E-state index contributed by atoms with van der Waals surface area (Å²) < 4.78 is 40.1. The van der Waals surface area contributed by atoms with Crippen molar-refractivity contribution in [3.63, 3.8) is 0 Å². The molecule has 0 aliphatic heterocycles. The fourth-order valence-corrected chi connectivity index (χ4v) is 1.33. The van der Waals surface area contributed by atoms with E-state index in [2.05, 4.69) is 4.74 Å². The van der Waals surface area contributed by atoms with Crippen molar-refractivity contribution >= 4 is 5.91 Å². The van der Waals surface area contributed by atoms with Crippen LogP contribution in [0.3, 0.4) is 0 Å². The minimum Gasteiger partial charge on any atom is -0.405 e. The highest BCUT2D eigenvalue weighted by Gasteiger charge is 2.32. The number of carbonyl (C=O) groups excluding carboxylic acids is 1. The highest BCUT2D eigenvalue weighted by molar-refractivity contribution is 5.74. The summed E-state index contributed by atoms with van der Waals surface area (Å²) in [5, 5.41) is 0. The number of benzene rings is 1. The highest BCUT2D eigenvalue weighted by atomic mass is 19.4. The van der Waals surface area contributed by atoms with E-state index in [1.165, 1.54) is 18.2 Å². The Morgan fingerprint density at radius 3 is 2.47 bits per heavy atom. The fraction of sp³-hybridized carbons (Fsp3) is 0.300. The summed E-state index contributed by atoms with van der Waals surface area (Å²) in [5.41, 5.74) is 10.6. The summed E-state index contributed by atoms with van der Waals surface area (Å²) in [6, 6.07) is 4.44. The molecule has 0 saturated carbocycles. The van der Waals surface area contributed by atoms with Crippen LogP contribution in [0.25, 0.3) is 0 Å². The van der Waals surface area contributed by atoms with Crippen LogP contribution in [0.2, 0.25) is 0 Å². The number of halogens is 3. The van der Waals surface area contributed by atoms with E-state index < -0.39 is 24.1 Å². The predicted octanol–water partition coefficient (Wildman–Crippen LogP) is 1.46. The zero-order valence-electron chi connectivity index (χ0n) is 8.70. The van der Waals surface area contributed by atoms with Gasteiger partial charge in [0.2, 0.25) is 5.91 Å². The van der Waals surface area contributed by atoms with Gasteiger partial charge in [0, 0.05) is 18.0 Å². The Bertz CT molecular complexity index is 407. The van der Waals surface area contributed by atoms with Crippen LogP contribution in [0, 0.1) is 0 Å². The molecule has 0 aliphatic rings. The quantitative estimate of drug-likeness (QED) is 0.846. The molecule has 1 rings (SSSR count). The average Bonchev–Trinajstić information content (AvgIpc) is 2.14. The summed E-state index contributed by atoms with van der Waals surface area (Å²) >= 11 is 0. The van der Waals surface area contributed by atoms with E-state index in [0.29, 0.717) is 0 Å². The smallest absolute Gasteiger partial charge is 0.405 e. The van der Waals surface area contributed by atoms with E-state index >= 15 is 0 Å². The number of alkyl halides is 3. The largest absolute Gasteiger partial charge is 0.573 e. The molecule has 1 aromatic carbocycles. The van der Waals surface area contributed by atoms with Gasteiger partial charge in [0.25, 0.3) is 0 Å². The Kier molecular flexibility index (Phi) is 3.95. The number of amides is 1. The van der Waals surface area contributed by atoms with Crippen LogP contribution in [-0.4, -0.2) is 12.3 Å². The van der Waals surface area contributed by atoms with E-state index in [1.807, 2.05) is 0 Å². The van der Waals surface area contributed by atoms with Crippen LogP contribution < -0.4 is 16.2 Å². The Hall–Kier alpha value is -1.76. The lowest BCUT2D eigenvalue weighted by Gasteiger charge is -2.16. The average molecular weight is 248 g/mol. The van der Waals surface area contributed by atoms with Crippen LogP contribution in [0.15, 0.2) is 24.3 Å². The van der Waals surface area contributed by atoms with Gasteiger partial charge in [-0.3, -0.25) is 4.79 Å². The van der Waals surface area contributed by atoms with Crippen molar-refractivity contribution in [2.24, 2.45) is 11.5 Å². The SMILES string of the molecule is NC(=O)C[C@H](N)c1ccccc1OC(F)(F)F. The normalized spacial score (nSPS) is 13.2. The van der Waals surface area contributed by atoms with Crippen molar-refractivity contribution in [3.05, 3.63) is 29.8 Å². The summed E-state index contributed by atoms with van der Waals surface area (Å²) in [6.07, 6.45) is -5.05. The number of hydrogen-bond donors (Lipinski definition) is 2. The van der Waals surface area contributed by atoms with Gasteiger partial charge in [0.1, 0.15) is 5.75 Å². The first kappa shape index (κ1) is 13.3. The lowest BCUT2D eigenvalue weighted by Crippen LogP contribution is -2.23. The van der Waals surface area contributed by atoms with Gasteiger partial charge < -0.3 is 16.2 Å². The number of carbonyl (C=O) groups is 1. The summed E-state index contributed by atoms with van der Waals surface area (Å²) in [7, 11) is 0. The molecule has 1 atom stereocenters. The third kappa shape index (κ3) is 4.31. The second-order valence-corrected chi connectivity index (χ2v) is 3.36. The van der Waals surface area contributed by atoms with Crippen molar-refractivity contribution < 1.29 is 22.7 Å². The zero-order valence-corrected chi connectivity index (χ0v) is 8.70. The third-order valence-electron chi connectivity index (χ3n) is 1.97. The molecule has 0 saturated heterocycles. The maximum atomic E-state index is 12.1. The van der Waals surface area contributed by atoms with Gasteiger partial charge in [-0.1, -0.05) is 18.2 Å². The molecule has 0 fully saturated rings. The molecule has 1 aromatic rings. The lowest BCUT2D eigenvalue weighted by molar-refractivity contribution is -0.274. The van der Waals surface area contributed by atoms with Crippen LogP contribution >= 0.6 is 0 Å². The molecule has 0 heterocycles. The molecular weight excluding hydrogens is 237 g/mol. The first-order valence-corrected chi connectivity index (χ1v) is 4.68. The van der Waals surface area contributed by atoms with Crippen molar-refractivity contribution in [1.82, 2.24) is 0 Å². The maximum absolute atomic E-state index is 12.1. The second kappa shape index (κ2) is 5.05. The number of ether oxygens (including phenoxy) is 1. The fourth-order valence-electron chi connectivity index (χ4n) is 1.33. The lowest BCUT2D eigenvalue weighted by atomic mass is 10.0. The summed E-state index contributed by atoms with van der Waals surface area (Å²) in [5.74, 6) is -1.12. The minimum absolute atomic E-state index is 0.0867. The van der Waals surface area contributed by atoms with E-state index in [9.17, 15) is 18.0 Å². The highest BCUT2D eigenvalue weighted by Crippen LogP contribution is 2.30. The summed E-state index contributed by atoms with van der Waals surface area (Å²) in [6.45, 7) is 0. The molecule has 94 valence electrons. The van der Waals surface area contributed by atoms with Gasteiger partial charge in [0.15, 0.2) is 0 Å². The number of rotatable bonds is 4. The minimum atomic E-state index is -4.80. The molecule has 0 unspecified atom stereocenters. The molecule has 1 amide bonds. The Morgan fingerprint density at radius 1 is 1.35 bits per heavy atom. The molecular formula is C10H11F3N2O2. The Labute approximate surface area is 95.3 Å². The second-order valence-electron chi connectivity index (χ2n) is 3.36. The van der Waals surface area contributed by atoms with Gasteiger partial charge >= 0.3 is 6.36 Å². The van der Waals surface area contributed by atoms with E-state index in [-0.39, 0.29) is 12.0 Å². The third-order valence-corrected chi connectivity index (χ3v) is 1.97. The number of hydrogen-bond acceptors (Lipinski definition) is 3. The molecule has 17 heavy (non-hydrogen) atoms. The summed E-state index contributed by atoms with van der Waals surface area (Å²) in [4.78, 5) is 10.7. The molecule has 7 heteroatoms.